The molecule has 1 aliphatic heterocycles. The van der Waals surface area contributed by atoms with E-state index in [0.717, 1.165) is 26.2 Å². The van der Waals surface area contributed by atoms with E-state index in [1.807, 2.05) is 0 Å². The highest BCUT2D eigenvalue weighted by molar-refractivity contribution is 7.90. The molecule has 0 saturated carbocycles. The highest BCUT2D eigenvalue weighted by Crippen LogP contribution is 2.10. The second-order valence-corrected chi connectivity index (χ2v) is 5.82. The Bertz CT molecular complexity index is 232. The quantitative estimate of drug-likeness (QED) is 0.626. The molecule has 0 spiro atoms. The van der Waals surface area contributed by atoms with Crippen LogP contribution in [0.25, 0.3) is 0 Å². The summed E-state index contributed by atoms with van der Waals surface area (Å²) in [6.45, 7) is 3.08. The SMILES string of the molecule is CS(=O)(=O)CCNCC1CCOC1. The monoisotopic (exact) mass is 207 g/mol. The minimum Gasteiger partial charge on any atom is -0.381 e. The highest BCUT2D eigenvalue weighted by atomic mass is 32.2. The first-order valence-electron chi connectivity index (χ1n) is 4.54. The molecule has 1 unspecified atom stereocenters. The van der Waals surface area contributed by atoms with Crippen LogP contribution in [0.1, 0.15) is 6.42 Å². The Labute approximate surface area is 79.6 Å². The van der Waals surface area contributed by atoms with Crippen LogP contribution in [0, 0.1) is 5.92 Å². The van der Waals surface area contributed by atoms with E-state index in [0.29, 0.717) is 12.5 Å². The molecule has 1 rings (SSSR count). The van der Waals surface area contributed by atoms with Crippen molar-refractivity contribution < 1.29 is 13.2 Å². The van der Waals surface area contributed by atoms with E-state index in [1.165, 1.54) is 6.26 Å². The summed E-state index contributed by atoms with van der Waals surface area (Å²) in [5.41, 5.74) is 0. The lowest BCUT2D eigenvalue weighted by Gasteiger charge is -2.08. The van der Waals surface area contributed by atoms with Crippen molar-refractivity contribution in [3.05, 3.63) is 0 Å². The lowest BCUT2D eigenvalue weighted by atomic mass is 10.1. The first-order chi connectivity index (χ1) is 6.08. The number of nitrogens with one attached hydrogen (secondary N) is 1. The molecule has 1 N–H and O–H groups in total. The van der Waals surface area contributed by atoms with Crippen molar-refractivity contribution in [2.24, 2.45) is 5.92 Å². The number of hydrogen-bond acceptors (Lipinski definition) is 4. The van der Waals surface area contributed by atoms with E-state index < -0.39 is 9.84 Å². The standard InChI is InChI=1S/C8H17NO3S/c1-13(10,11)5-3-9-6-8-2-4-12-7-8/h8-9H,2-7H2,1H3. The average molecular weight is 207 g/mol. The van der Waals surface area contributed by atoms with Gasteiger partial charge in [0.15, 0.2) is 0 Å². The summed E-state index contributed by atoms with van der Waals surface area (Å²) in [6, 6.07) is 0. The normalized spacial score (nSPS) is 23.6. The molecule has 1 atom stereocenters. The highest BCUT2D eigenvalue weighted by Gasteiger charge is 2.14. The van der Waals surface area contributed by atoms with Gasteiger partial charge in [-0.05, 0) is 12.3 Å². The Balaban J connectivity index is 2.01. The number of sulfone groups is 1. The zero-order valence-corrected chi connectivity index (χ0v) is 8.77. The van der Waals surface area contributed by atoms with E-state index in [9.17, 15) is 8.42 Å². The predicted octanol–water partition coefficient (Wildman–Crippen LogP) is -0.343. The molecule has 5 heteroatoms. The van der Waals surface area contributed by atoms with Crippen LogP contribution in [-0.2, 0) is 14.6 Å². The van der Waals surface area contributed by atoms with E-state index in [-0.39, 0.29) is 5.75 Å². The topological polar surface area (TPSA) is 55.4 Å². The van der Waals surface area contributed by atoms with Gasteiger partial charge in [0.2, 0.25) is 0 Å². The van der Waals surface area contributed by atoms with Gasteiger partial charge in [0.05, 0.1) is 12.4 Å². The summed E-state index contributed by atoms with van der Waals surface area (Å²) in [7, 11) is -2.81. The largest absolute Gasteiger partial charge is 0.381 e. The molecule has 4 nitrogen and oxygen atoms in total. The van der Waals surface area contributed by atoms with Crippen LogP contribution in [0.5, 0.6) is 0 Å². The summed E-state index contributed by atoms with van der Waals surface area (Å²) in [5.74, 6) is 0.792. The summed E-state index contributed by atoms with van der Waals surface area (Å²) in [4.78, 5) is 0. The summed E-state index contributed by atoms with van der Waals surface area (Å²) >= 11 is 0. The number of rotatable bonds is 5. The van der Waals surface area contributed by atoms with Crippen LogP contribution in [0.15, 0.2) is 0 Å². The van der Waals surface area contributed by atoms with E-state index >= 15 is 0 Å². The third-order valence-corrected chi connectivity index (χ3v) is 3.05. The van der Waals surface area contributed by atoms with Gasteiger partial charge in [-0.3, -0.25) is 0 Å². The molecule has 0 aromatic heterocycles. The Morgan fingerprint density at radius 2 is 2.31 bits per heavy atom. The van der Waals surface area contributed by atoms with Gasteiger partial charge in [-0.1, -0.05) is 0 Å². The zero-order chi connectivity index (χ0) is 9.73. The minimum atomic E-state index is -2.81. The van der Waals surface area contributed by atoms with Crippen LogP contribution >= 0.6 is 0 Å². The maximum absolute atomic E-state index is 10.8. The molecule has 0 amide bonds. The minimum absolute atomic E-state index is 0.223. The summed E-state index contributed by atoms with van der Waals surface area (Å²) < 4.78 is 26.7. The summed E-state index contributed by atoms with van der Waals surface area (Å²) in [5, 5.41) is 3.12. The maximum Gasteiger partial charge on any atom is 0.148 e. The van der Waals surface area contributed by atoms with Gasteiger partial charge in [0.25, 0.3) is 0 Å². The third-order valence-electron chi connectivity index (χ3n) is 2.11. The molecule has 13 heavy (non-hydrogen) atoms. The Kier molecular flexibility index (Phi) is 4.15. The van der Waals surface area contributed by atoms with Crippen molar-refractivity contribution in [2.45, 2.75) is 6.42 Å². The van der Waals surface area contributed by atoms with Crippen LogP contribution in [0.4, 0.5) is 0 Å². The second kappa shape index (κ2) is 4.93. The molecule has 0 aromatic rings. The van der Waals surface area contributed by atoms with Gasteiger partial charge in [-0.15, -0.1) is 0 Å². The first kappa shape index (κ1) is 10.9. The maximum atomic E-state index is 10.8. The Morgan fingerprint density at radius 1 is 1.54 bits per heavy atom. The Morgan fingerprint density at radius 3 is 2.85 bits per heavy atom. The van der Waals surface area contributed by atoms with Crippen molar-refractivity contribution in [3.8, 4) is 0 Å². The van der Waals surface area contributed by atoms with Crippen LogP contribution in [0.2, 0.25) is 0 Å². The molecular weight excluding hydrogens is 190 g/mol. The van der Waals surface area contributed by atoms with Gasteiger partial charge >= 0.3 is 0 Å². The van der Waals surface area contributed by atoms with Crippen molar-refractivity contribution >= 4 is 9.84 Å². The molecule has 1 fully saturated rings. The molecule has 0 bridgehead atoms. The molecule has 1 saturated heterocycles. The lowest BCUT2D eigenvalue weighted by Crippen LogP contribution is -2.27. The van der Waals surface area contributed by atoms with Crippen LogP contribution < -0.4 is 5.32 Å². The third kappa shape index (κ3) is 5.23. The van der Waals surface area contributed by atoms with Crippen LogP contribution in [0.3, 0.4) is 0 Å². The number of hydrogen-bond donors (Lipinski definition) is 1. The second-order valence-electron chi connectivity index (χ2n) is 3.56. The fourth-order valence-corrected chi connectivity index (χ4v) is 1.82. The van der Waals surface area contributed by atoms with E-state index in [2.05, 4.69) is 5.32 Å². The van der Waals surface area contributed by atoms with Crippen molar-refractivity contribution in [1.29, 1.82) is 0 Å². The molecule has 0 aromatic carbocycles. The molecule has 0 aliphatic carbocycles. The average Bonchev–Trinajstić information content (AvgIpc) is 2.48. The van der Waals surface area contributed by atoms with Crippen molar-refractivity contribution in [2.75, 3.05) is 38.3 Å². The molecule has 1 aliphatic rings. The fraction of sp³-hybridized carbons (Fsp3) is 1.00. The smallest absolute Gasteiger partial charge is 0.148 e. The predicted molar refractivity (Wildman–Crippen MR) is 51.5 cm³/mol. The molecular formula is C8H17NO3S. The van der Waals surface area contributed by atoms with E-state index in [4.69, 9.17) is 4.74 Å². The molecule has 1 heterocycles. The lowest BCUT2D eigenvalue weighted by molar-refractivity contribution is 0.185. The fourth-order valence-electron chi connectivity index (χ4n) is 1.31. The molecule has 78 valence electrons. The first-order valence-corrected chi connectivity index (χ1v) is 6.60. The summed E-state index contributed by atoms with van der Waals surface area (Å²) in [6.07, 6.45) is 2.35. The van der Waals surface area contributed by atoms with Gasteiger partial charge in [0, 0.05) is 26.0 Å². The van der Waals surface area contributed by atoms with Gasteiger partial charge < -0.3 is 10.1 Å². The van der Waals surface area contributed by atoms with Crippen LogP contribution in [-0.4, -0.2) is 46.7 Å². The Hall–Kier alpha value is -0.130. The number of ether oxygens (including phenoxy) is 1. The van der Waals surface area contributed by atoms with Gasteiger partial charge in [-0.25, -0.2) is 8.42 Å². The molecule has 0 radical (unpaired) electrons. The van der Waals surface area contributed by atoms with E-state index in [1.54, 1.807) is 0 Å². The van der Waals surface area contributed by atoms with Crippen molar-refractivity contribution in [3.63, 3.8) is 0 Å². The van der Waals surface area contributed by atoms with Crippen molar-refractivity contribution in [1.82, 2.24) is 5.32 Å². The van der Waals surface area contributed by atoms with Gasteiger partial charge in [0.1, 0.15) is 9.84 Å². The zero-order valence-electron chi connectivity index (χ0n) is 7.95. The van der Waals surface area contributed by atoms with Gasteiger partial charge in [-0.2, -0.15) is 0 Å².